The first kappa shape index (κ1) is 27.3. The molecule has 36 heavy (non-hydrogen) atoms. The van der Waals surface area contributed by atoms with Crippen molar-refractivity contribution >= 4 is 22.0 Å². The smallest absolute Gasteiger partial charge is 0.445 e. The van der Waals surface area contributed by atoms with E-state index in [9.17, 15) is 31.2 Å². The van der Waals surface area contributed by atoms with Crippen LogP contribution in [0.4, 0.5) is 18.0 Å². The molecule has 1 saturated heterocycles. The maximum Gasteiger partial charge on any atom is 0.573 e. The molecular formula is C23H26F3N3O6S. The van der Waals surface area contributed by atoms with Crippen LogP contribution in [0.25, 0.3) is 0 Å². The van der Waals surface area contributed by atoms with Gasteiger partial charge in [0.2, 0.25) is 10.0 Å². The molecular weight excluding hydrogens is 503 g/mol. The van der Waals surface area contributed by atoms with Gasteiger partial charge >= 0.3 is 12.5 Å². The first-order valence-electron chi connectivity index (χ1n) is 11.1. The zero-order valence-corrected chi connectivity index (χ0v) is 20.1. The Kier molecular flexibility index (Phi) is 8.79. The first-order valence-corrected chi connectivity index (χ1v) is 12.7. The normalized spacial score (nSPS) is 15.4. The molecule has 1 aliphatic heterocycles. The van der Waals surface area contributed by atoms with E-state index in [1.807, 2.05) is 0 Å². The van der Waals surface area contributed by atoms with E-state index in [-0.39, 0.29) is 23.2 Å². The molecule has 1 heterocycles. The maximum atomic E-state index is 12.9. The maximum absolute atomic E-state index is 12.9. The Hall–Kier alpha value is -3.32. The van der Waals surface area contributed by atoms with Crippen LogP contribution in [0, 0.1) is 0 Å². The minimum absolute atomic E-state index is 0.0803. The van der Waals surface area contributed by atoms with Crippen molar-refractivity contribution in [3.8, 4) is 5.75 Å². The largest absolute Gasteiger partial charge is 0.573 e. The third kappa shape index (κ3) is 8.12. The second-order valence-electron chi connectivity index (χ2n) is 8.16. The zero-order valence-electron chi connectivity index (χ0n) is 19.2. The van der Waals surface area contributed by atoms with Crippen molar-refractivity contribution in [2.24, 2.45) is 5.14 Å². The van der Waals surface area contributed by atoms with E-state index in [0.29, 0.717) is 56.6 Å². The van der Waals surface area contributed by atoms with E-state index < -0.39 is 22.5 Å². The van der Waals surface area contributed by atoms with Gasteiger partial charge in [0.05, 0.1) is 4.90 Å². The van der Waals surface area contributed by atoms with Gasteiger partial charge in [0.25, 0.3) is 5.91 Å². The predicted molar refractivity (Wildman–Crippen MR) is 122 cm³/mol. The monoisotopic (exact) mass is 529 g/mol. The van der Waals surface area contributed by atoms with Crippen LogP contribution in [-0.4, -0.2) is 62.8 Å². The molecule has 13 heteroatoms. The molecule has 0 aromatic heterocycles. The Balaban J connectivity index is 1.51. The summed E-state index contributed by atoms with van der Waals surface area (Å²) in [6, 6.07) is 10.5. The molecule has 0 radical (unpaired) electrons. The summed E-state index contributed by atoms with van der Waals surface area (Å²) >= 11 is 0. The SMILES string of the molecule is NS(=O)(=O)c1ccc(C(=O)N2CCCCN(C(=O)OCc3ccc(OC(F)(F)F)cc3)CCC2)cc1. The minimum Gasteiger partial charge on any atom is -0.445 e. The summed E-state index contributed by atoms with van der Waals surface area (Å²) < 4.78 is 68.7. The fourth-order valence-corrected chi connectivity index (χ4v) is 4.18. The van der Waals surface area contributed by atoms with Crippen LogP contribution in [0.5, 0.6) is 5.75 Å². The molecule has 0 unspecified atom stereocenters. The number of nitrogens with two attached hydrogens (primary N) is 1. The van der Waals surface area contributed by atoms with Crippen LogP contribution in [0.15, 0.2) is 53.4 Å². The van der Waals surface area contributed by atoms with Crippen LogP contribution < -0.4 is 9.88 Å². The lowest BCUT2D eigenvalue weighted by Gasteiger charge is -2.23. The Bertz CT molecular complexity index is 1160. The van der Waals surface area contributed by atoms with E-state index in [4.69, 9.17) is 9.88 Å². The molecule has 3 rings (SSSR count). The molecule has 0 bridgehead atoms. The highest BCUT2D eigenvalue weighted by Crippen LogP contribution is 2.23. The van der Waals surface area contributed by atoms with Crippen LogP contribution in [-0.2, 0) is 21.4 Å². The molecule has 2 aromatic carbocycles. The van der Waals surface area contributed by atoms with E-state index in [1.165, 1.54) is 41.3 Å². The highest BCUT2D eigenvalue weighted by atomic mass is 32.2. The van der Waals surface area contributed by atoms with E-state index in [1.54, 1.807) is 4.90 Å². The van der Waals surface area contributed by atoms with E-state index in [0.717, 1.165) is 12.1 Å². The number of alkyl halides is 3. The van der Waals surface area contributed by atoms with Crippen molar-refractivity contribution in [3.63, 3.8) is 0 Å². The first-order chi connectivity index (χ1) is 16.9. The molecule has 1 fully saturated rings. The number of sulfonamides is 1. The molecule has 0 atom stereocenters. The van der Waals surface area contributed by atoms with Crippen molar-refractivity contribution in [1.82, 2.24) is 9.80 Å². The van der Waals surface area contributed by atoms with Gasteiger partial charge in [-0.1, -0.05) is 12.1 Å². The molecule has 1 aliphatic rings. The van der Waals surface area contributed by atoms with Gasteiger partial charge in [-0.3, -0.25) is 4.79 Å². The van der Waals surface area contributed by atoms with Gasteiger partial charge in [0, 0.05) is 31.7 Å². The van der Waals surface area contributed by atoms with Gasteiger partial charge in [-0.25, -0.2) is 18.4 Å². The number of hydrogen-bond donors (Lipinski definition) is 1. The summed E-state index contributed by atoms with van der Waals surface area (Å²) in [5.74, 6) is -0.609. The summed E-state index contributed by atoms with van der Waals surface area (Å²) in [6.45, 7) is 1.54. The molecule has 0 saturated carbocycles. The molecule has 0 aliphatic carbocycles. The Labute approximate surface area is 206 Å². The van der Waals surface area contributed by atoms with Gasteiger partial charge < -0.3 is 19.3 Å². The lowest BCUT2D eigenvalue weighted by Crippen LogP contribution is -2.35. The van der Waals surface area contributed by atoms with Crippen LogP contribution in [0.3, 0.4) is 0 Å². The third-order valence-electron chi connectivity index (χ3n) is 5.46. The second-order valence-corrected chi connectivity index (χ2v) is 9.72. The number of primary sulfonamides is 1. The lowest BCUT2D eigenvalue weighted by atomic mass is 10.2. The summed E-state index contributed by atoms with van der Waals surface area (Å²) in [6.07, 6.45) is -3.56. The minimum atomic E-state index is -4.78. The average Bonchev–Trinajstić information content (AvgIpc) is 2.94. The second kappa shape index (κ2) is 11.6. The van der Waals surface area contributed by atoms with Crippen molar-refractivity contribution in [1.29, 1.82) is 0 Å². The van der Waals surface area contributed by atoms with Gasteiger partial charge in [-0.2, -0.15) is 0 Å². The number of amides is 2. The van der Waals surface area contributed by atoms with Crippen molar-refractivity contribution in [2.45, 2.75) is 37.1 Å². The summed E-state index contributed by atoms with van der Waals surface area (Å²) in [5, 5.41) is 5.09. The number of halogens is 3. The number of rotatable bonds is 5. The number of ether oxygens (including phenoxy) is 2. The average molecular weight is 530 g/mol. The molecule has 2 amide bonds. The Morgan fingerprint density at radius 2 is 1.42 bits per heavy atom. The number of carbonyl (C=O) groups excluding carboxylic acids is 2. The lowest BCUT2D eigenvalue weighted by molar-refractivity contribution is -0.274. The van der Waals surface area contributed by atoms with Crippen molar-refractivity contribution in [3.05, 3.63) is 59.7 Å². The van der Waals surface area contributed by atoms with Crippen molar-refractivity contribution < 1.29 is 40.7 Å². The summed E-state index contributed by atoms with van der Waals surface area (Å²) in [7, 11) is -3.85. The highest BCUT2D eigenvalue weighted by molar-refractivity contribution is 7.89. The van der Waals surface area contributed by atoms with Gasteiger partial charge in [0.15, 0.2) is 0 Å². The summed E-state index contributed by atoms with van der Waals surface area (Å²) in [5.41, 5.74) is 0.844. The third-order valence-corrected chi connectivity index (χ3v) is 6.39. The van der Waals surface area contributed by atoms with Crippen LogP contribution in [0.2, 0.25) is 0 Å². The molecule has 2 N–H and O–H groups in total. The standard InChI is InChI=1S/C23H26F3N3O6S/c24-23(25,26)35-19-8-4-17(5-9-19)16-34-22(31)29-13-2-1-12-28(14-3-15-29)21(30)18-6-10-20(11-7-18)36(27,32)33/h4-11H,1-3,12-16H2,(H2,27,32,33). The van der Waals surface area contributed by atoms with Gasteiger partial charge in [-0.15, -0.1) is 13.2 Å². The number of hydrogen-bond acceptors (Lipinski definition) is 6. The zero-order chi connectivity index (χ0) is 26.3. The van der Waals surface area contributed by atoms with E-state index in [2.05, 4.69) is 4.74 Å². The van der Waals surface area contributed by atoms with Gasteiger partial charge in [-0.05, 0) is 61.2 Å². The van der Waals surface area contributed by atoms with Crippen LogP contribution in [0.1, 0.15) is 35.2 Å². The molecule has 2 aromatic rings. The Morgan fingerprint density at radius 1 is 0.861 bits per heavy atom. The molecule has 0 spiro atoms. The van der Waals surface area contributed by atoms with Gasteiger partial charge in [0.1, 0.15) is 12.4 Å². The predicted octanol–water partition coefficient (Wildman–Crippen LogP) is 3.50. The number of nitrogens with zero attached hydrogens (tertiary/aromatic N) is 2. The van der Waals surface area contributed by atoms with Crippen molar-refractivity contribution in [2.75, 3.05) is 26.2 Å². The molecule has 196 valence electrons. The number of carbonyl (C=O) groups is 2. The summed E-state index contributed by atoms with van der Waals surface area (Å²) in [4.78, 5) is 28.5. The quantitative estimate of drug-likeness (QED) is 0.633. The number of benzene rings is 2. The fourth-order valence-electron chi connectivity index (χ4n) is 3.66. The highest BCUT2D eigenvalue weighted by Gasteiger charge is 2.31. The molecule has 9 nitrogen and oxygen atoms in total. The topological polar surface area (TPSA) is 119 Å². The fraction of sp³-hybridized carbons (Fsp3) is 0.391. The van der Waals surface area contributed by atoms with Crippen LogP contribution >= 0.6 is 0 Å². The Morgan fingerprint density at radius 3 is 2.00 bits per heavy atom. The van der Waals surface area contributed by atoms with E-state index >= 15 is 0 Å².